The third-order valence-electron chi connectivity index (χ3n) is 2.99. The fourth-order valence-corrected chi connectivity index (χ4v) is 2.13. The average molecular weight is 198 g/mol. The minimum Gasteiger partial charge on any atom is -0.368 e. The molecular formula is C10H18N2O2. The molecule has 0 aliphatic carbocycles. The number of ether oxygens (including phenoxy) is 1. The molecular weight excluding hydrogens is 180 g/mol. The second-order valence-electron chi connectivity index (χ2n) is 4.09. The van der Waals surface area contributed by atoms with Crippen LogP contribution in [0, 0.1) is 0 Å². The van der Waals surface area contributed by atoms with E-state index in [0.717, 1.165) is 39.1 Å². The molecule has 1 N–H and O–H groups in total. The largest absolute Gasteiger partial charge is 0.368 e. The molecule has 0 radical (unpaired) electrons. The van der Waals surface area contributed by atoms with E-state index in [4.69, 9.17) is 4.74 Å². The number of hydrogen-bond acceptors (Lipinski definition) is 3. The Bertz CT molecular complexity index is 214. The Hall–Kier alpha value is -0.610. The van der Waals surface area contributed by atoms with Crippen LogP contribution in [0.3, 0.4) is 0 Å². The summed E-state index contributed by atoms with van der Waals surface area (Å²) < 4.78 is 5.40. The Balaban J connectivity index is 1.94. The summed E-state index contributed by atoms with van der Waals surface area (Å²) in [6, 6.07) is 0.306. The minimum absolute atomic E-state index is 0.157. The zero-order chi connectivity index (χ0) is 9.97. The lowest BCUT2D eigenvalue weighted by atomic mass is 10.1. The maximum absolute atomic E-state index is 12.0. The Morgan fingerprint density at radius 1 is 1.57 bits per heavy atom. The predicted molar refractivity (Wildman–Crippen MR) is 53.0 cm³/mol. The van der Waals surface area contributed by atoms with Crippen molar-refractivity contribution >= 4 is 5.91 Å². The van der Waals surface area contributed by atoms with E-state index in [9.17, 15) is 4.79 Å². The van der Waals surface area contributed by atoms with Gasteiger partial charge in [-0.2, -0.15) is 0 Å². The second kappa shape index (κ2) is 4.28. The highest BCUT2D eigenvalue weighted by molar-refractivity contribution is 5.81. The minimum atomic E-state index is -0.157. The van der Waals surface area contributed by atoms with Crippen LogP contribution in [-0.4, -0.2) is 49.2 Å². The van der Waals surface area contributed by atoms with Crippen LogP contribution in [0.1, 0.15) is 19.8 Å². The van der Waals surface area contributed by atoms with Crippen molar-refractivity contribution in [2.75, 3.05) is 26.2 Å². The first-order valence-corrected chi connectivity index (χ1v) is 5.42. The number of hydrogen-bond donors (Lipinski definition) is 1. The van der Waals surface area contributed by atoms with E-state index < -0.39 is 0 Å². The number of amides is 1. The number of nitrogens with zero attached hydrogens (tertiary/aromatic N) is 1. The van der Waals surface area contributed by atoms with Gasteiger partial charge in [-0.15, -0.1) is 0 Å². The van der Waals surface area contributed by atoms with E-state index in [1.54, 1.807) is 0 Å². The normalized spacial score (nSPS) is 33.4. The molecule has 2 heterocycles. The summed E-state index contributed by atoms with van der Waals surface area (Å²) in [6.45, 7) is 5.46. The van der Waals surface area contributed by atoms with Crippen LogP contribution in [0.15, 0.2) is 0 Å². The Morgan fingerprint density at radius 3 is 3.07 bits per heavy atom. The molecule has 0 saturated carbocycles. The first-order valence-electron chi connectivity index (χ1n) is 5.42. The maximum Gasteiger partial charge on any atom is 0.252 e. The fourth-order valence-electron chi connectivity index (χ4n) is 2.13. The van der Waals surface area contributed by atoms with Crippen LogP contribution in [-0.2, 0) is 9.53 Å². The molecule has 2 fully saturated rings. The summed E-state index contributed by atoms with van der Waals surface area (Å²) in [4.78, 5) is 13.9. The molecule has 2 rings (SSSR count). The maximum atomic E-state index is 12.0. The monoisotopic (exact) mass is 198 g/mol. The molecule has 0 aromatic rings. The average Bonchev–Trinajstić information content (AvgIpc) is 2.70. The topological polar surface area (TPSA) is 41.6 Å². The van der Waals surface area contributed by atoms with Gasteiger partial charge in [0.2, 0.25) is 0 Å². The summed E-state index contributed by atoms with van der Waals surface area (Å²) in [6.07, 6.45) is 1.77. The summed E-state index contributed by atoms with van der Waals surface area (Å²) >= 11 is 0. The predicted octanol–water partition coefficient (Wildman–Crippen LogP) is -0.0143. The molecule has 14 heavy (non-hydrogen) atoms. The molecule has 0 aromatic carbocycles. The highest BCUT2D eigenvalue weighted by atomic mass is 16.5. The molecule has 2 aliphatic heterocycles. The molecule has 4 nitrogen and oxygen atoms in total. The fraction of sp³-hybridized carbons (Fsp3) is 0.900. The van der Waals surface area contributed by atoms with Crippen LogP contribution in [0.4, 0.5) is 0 Å². The van der Waals surface area contributed by atoms with Crippen molar-refractivity contribution in [3.8, 4) is 0 Å². The van der Waals surface area contributed by atoms with Crippen molar-refractivity contribution in [3.05, 3.63) is 0 Å². The Kier molecular flexibility index (Phi) is 3.03. The third-order valence-corrected chi connectivity index (χ3v) is 2.99. The smallest absolute Gasteiger partial charge is 0.252 e. The summed E-state index contributed by atoms with van der Waals surface area (Å²) in [5.41, 5.74) is 0. The van der Waals surface area contributed by atoms with Crippen molar-refractivity contribution in [1.82, 2.24) is 10.2 Å². The lowest BCUT2D eigenvalue weighted by Crippen LogP contribution is -2.54. The van der Waals surface area contributed by atoms with Crippen molar-refractivity contribution in [1.29, 1.82) is 0 Å². The summed E-state index contributed by atoms with van der Waals surface area (Å²) in [5.74, 6) is 0.191. The lowest BCUT2D eigenvalue weighted by Gasteiger charge is -2.35. The molecule has 0 bridgehead atoms. The zero-order valence-corrected chi connectivity index (χ0v) is 8.66. The van der Waals surface area contributed by atoms with Gasteiger partial charge in [0.05, 0.1) is 0 Å². The van der Waals surface area contributed by atoms with Gasteiger partial charge in [0.1, 0.15) is 6.10 Å². The standard InChI is InChI=1S/C10H18N2O2/c1-8-7-11-4-5-12(8)10(13)9-3-2-6-14-9/h8-9,11H,2-7H2,1H3. The zero-order valence-electron chi connectivity index (χ0n) is 8.66. The van der Waals surface area contributed by atoms with Gasteiger partial charge in [-0.25, -0.2) is 0 Å². The summed E-state index contributed by atoms with van der Waals surface area (Å²) in [7, 11) is 0. The van der Waals surface area contributed by atoms with Crippen LogP contribution < -0.4 is 5.32 Å². The van der Waals surface area contributed by atoms with E-state index in [2.05, 4.69) is 12.2 Å². The molecule has 0 aromatic heterocycles. The van der Waals surface area contributed by atoms with Gasteiger partial charge < -0.3 is 15.0 Å². The van der Waals surface area contributed by atoms with E-state index in [-0.39, 0.29) is 12.0 Å². The van der Waals surface area contributed by atoms with E-state index in [1.807, 2.05) is 4.90 Å². The van der Waals surface area contributed by atoms with E-state index in [0.29, 0.717) is 6.04 Å². The van der Waals surface area contributed by atoms with E-state index >= 15 is 0 Å². The van der Waals surface area contributed by atoms with Crippen molar-refractivity contribution in [2.24, 2.45) is 0 Å². The van der Waals surface area contributed by atoms with Crippen LogP contribution in [0.2, 0.25) is 0 Å². The quantitative estimate of drug-likeness (QED) is 0.644. The highest BCUT2D eigenvalue weighted by Crippen LogP contribution is 2.16. The summed E-state index contributed by atoms with van der Waals surface area (Å²) in [5, 5.41) is 3.28. The molecule has 2 saturated heterocycles. The second-order valence-corrected chi connectivity index (χ2v) is 4.09. The Morgan fingerprint density at radius 2 is 2.43 bits per heavy atom. The Labute approximate surface area is 84.6 Å². The molecule has 2 aliphatic rings. The number of nitrogens with one attached hydrogen (secondary N) is 1. The van der Waals surface area contributed by atoms with Crippen LogP contribution in [0.25, 0.3) is 0 Å². The van der Waals surface area contributed by atoms with Gasteiger partial charge in [0, 0.05) is 32.3 Å². The van der Waals surface area contributed by atoms with Gasteiger partial charge in [-0.05, 0) is 19.8 Å². The van der Waals surface area contributed by atoms with Crippen molar-refractivity contribution in [3.63, 3.8) is 0 Å². The number of piperazine rings is 1. The highest BCUT2D eigenvalue weighted by Gasteiger charge is 2.31. The van der Waals surface area contributed by atoms with Gasteiger partial charge in [-0.1, -0.05) is 0 Å². The van der Waals surface area contributed by atoms with Crippen LogP contribution >= 0.6 is 0 Å². The molecule has 2 atom stereocenters. The molecule has 4 heteroatoms. The molecule has 2 unspecified atom stereocenters. The molecule has 80 valence electrons. The van der Waals surface area contributed by atoms with Gasteiger partial charge in [0.25, 0.3) is 5.91 Å². The number of carbonyl (C=O) groups excluding carboxylic acids is 1. The van der Waals surface area contributed by atoms with Crippen molar-refractivity contribution in [2.45, 2.75) is 31.9 Å². The van der Waals surface area contributed by atoms with E-state index in [1.165, 1.54) is 0 Å². The first-order chi connectivity index (χ1) is 6.79. The first kappa shape index (κ1) is 9.93. The SMILES string of the molecule is CC1CNCCN1C(=O)C1CCCO1. The number of rotatable bonds is 1. The van der Waals surface area contributed by atoms with Gasteiger partial charge in [0.15, 0.2) is 0 Å². The van der Waals surface area contributed by atoms with Gasteiger partial charge in [-0.3, -0.25) is 4.79 Å². The van der Waals surface area contributed by atoms with Crippen molar-refractivity contribution < 1.29 is 9.53 Å². The molecule has 1 amide bonds. The number of carbonyl (C=O) groups is 1. The van der Waals surface area contributed by atoms with Gasteiger partial charge >= 0.3 is 0 Å². The third kappa shape index (κ3) is 1.91. The molecule has 0 spiro atoms. The van der Waals surface area contributed by atoms with Crippen LogP contribution in [0.5, 0.6) is 0 Å². The lowest BCUT2D eigenvalue weighted by molar-refractivity contribution is -0.143.